The predicted molar refractivity (Wildman–Crippen MR) is 75.9 cm³/mol. The van der Waals surface area contributed by atoms with E-state index in [-0.39, 0.29) is 0 Å². The molecule has 2 aromatic rings. The third-order valence-electron chi connectivity index (χ3n) is 2.85. The van der Waals surface area contributed by atoms with Crippen molar-refractivity contribution in [3.8, 4) is 0 Å². The molecule has 0 atom stereocenters. The summed E-state index contributed by atoms with van der Waals surface area (Å²) in [7, 11) is 0. The lowest BCUT2D eigenvalue weighted by molar-refractivity contribution is 0.721. The van der Waals surface area contributed by atoms with Crippen LogP contribution in [0, 0.1) is 0 Å². The maximum absolute atomic E-state index is 6.08. The second kappa shape index (κ2) is 6.53. The van der Waals surface area contributed by atoms with Crippen LogP contribution >= 0.6 is 11.6 Å². The van der Waals surface area contributed by atoms with E-state index < -0.39 is 0 Å². The minimum Gasteiger partial charge on any atom is -0.313 e. The molecule has 0 bridgehead atoms. The highest BCUT2D eigenvalue weighted by Gasteiger charge is 2.04. The average molecular weight is 261 g/mol. The first-order valence-corrected chi connectivity index (χ1v) is 6.54. The van der Waals surface area contributed by atoms with Gasteiger partial charge in [-0.05, 0) is 47.9 Å². The summed E-state index contributed by atoms with van der Waals surface area (Å²) in [5.74, 6) is 0. The molecule has 1 aromatic heterocycles. The predicted octanol–water partition coefficient (Wildman–Crippen LogP) is 3.44. The average Bonchev–Trinajstić information content (AvgIpc) is 2.39. The van der Waals surface area contributed by atoms with Crippen LogP contribution in [0.2, 0.25) is 5.02 Å². The summed E-state index contributed by atoms with van der Waals surface area (Å²) >= 11 is 6.08. The van der Waals surface area contributed by atoms with Gasteiger partial charge in [0, 0.05) is 24.0 Å². The molecule has 1 aromatic carbocycles. The summed E-state index contributed by atoms with van der Waals surface area (Å²) in [6.45, 7) is 3.95. The lowest BCUT2D eigenvalue weighted by Crippen LogP contribution is -2.13. The third kappa shape index (κ3) is 3.56. The van der Waals surface area contributed by atoms with E-state index in [0.717, 1.165) is 24.5 Å². The van der Waals surface area contributed by atoms with Crippen molar-refractivity contribution in [2.75, 3.05) is 6.54 Å². The van der Waals surface area contributed by atoms with Gasteiger partial charge in [0.1, 0.15) is 0 Å². The Labute approximate surface area is 113 Å². The van der Waals surface area contributed by atoms with Crippen LogP contribution in [-0.2, 0) is 13.0 Å². The molecule has 3 heteroatoms. The fourth-order valence-electron chi connectivity index (χ4n) is 1.91. The maximum atomic E-state index is 6.08. The summed E-state index contributed by atoms with van der Waals surface area (Å²) in [6, 6.07) is 10.1. The Balaban J connectivity index is 2.22. The van der Waals surface area contributed by atoms with E-state index in [0.29, 0.717) is 0 Å². The highest BCUT2D eigenvalue weighted by molar-refractivity contribution is 6.30. The summed E-state index contributed by atoms with van der Waals surface area (Å²) in [5, 5.41) is 4.14. The molecular weight excluding hydrogens is 244 g/mol. The highest BCUT2D eigenvalue weighted by Crippen LogP contribution is 2.19. The molecule has 2 nitrogen and oxygen atoms in total. The van der Waals surface area contributed by atoms with Gasteiger partial charge in [-0.15, -0.1) is 0 Å². The molecule has 0 fully saturated rings. The zero-order valence-corrected chi connectivity index (χ0v) is 11.2. The van der Waals surface area contributed by atoms with Crippen molar-refractivity contribution in [1.29, 1.82) is 0 Å². The van der Waals surface area contributed by atoms with E-state index in [1.54, 1.807) is 6.20 Å². The molecule has 0 aliphatic rings. The van der Waals surface area contributed by atoms with Crippen LogP contribution in [0.25, 0.3) is 0 Å². The molecular formula is C15H17ClN2. The van der Waals surface area contributed by atoms with Gasteiger partial charge in [0.25, 0.3) is 0 Å². The Bertz CT molecular complexity index is 497. The summed E-state index contributed by atoms with van der Waals surface area (Å²) in [6.07, 6.45) is 4.56. The first-order chi connectivity index (χ1) is 8.79. The van der Waals surface area contributed by atoms with Gasteiger partial charge in [-0.3, -0.25) is 4.98 Å². The number of benzene rings is 1. The number of nitrogens with zero attached hydrogens (tertiary/aromatic N) is 1. The molecule has 0 saturated heterocycles. The largest absolute Gasteiger partial charge is 0.313 e. The number of aromatic nitrogens is 1. The van der Waals surface area contributed by atoms with E-state index in [1.807, 2.05) is 24.4 Å². The molecule has 0 unspecified atom stereocenters. The minimum atomic E-state index is 0.786. The molecule has 18 heavy (non-hydrogen) atoms. The van der Waals surface area contributed by atoms with E-state index >= 15 is 0 Å². The Morgan fingerprint density at radius 3 is 2.83 bits per heavy atom. The smallest absolute Gasteiger partial charge is 0.0409 e. The first kappa shape index (κ1) is 13.1. The summed E-state index contributed by atoms with van der Waals surface area (Å²) < 4.78 is 0. The van der Waals surface area contributed by atoms with Crippen molar-refractivity contribution in [3.63, 3.8) is 0 Å². The van der Waals surface area contributed by atoms with Crippen LogP contribution in [0.15, 0.2) is 42.7 Å². The van der Waals surface area contributed by atoms with Crippen molar-refractivity contribution < 1.29 is 0 Å². The molecule has 1 N–H and O–H groups in total. The van der Waals surface area contributed by atoms with Gasteiger partial charge in [-0.2, -0.15) is 0 Å². The van der Waals surface area contributed by atoms with Crippen LogP contribution in [-0.4, -0.2) is 11.5 Å². The van der Waals surface area contributed by atoms with Crippen LogP contribution in [0.4, 0.5) is 0 Å². The Morgan fingerprint density at radius 2 is 2.11 bits per heavy atom. The van der Waals surface area contributed by atoms with Crippen LogP contribution in [0.5, 0.6) is 0 Å². The van der Waals surface area contributed by atoms with Gasteiger partial charge >= 0.3 is 0 Å². The second-order valence-electron chi connectivity index (χ2n) is 4.23. The molecule has 0 saturated carbocycles. The number of hydrogen-bond donors (Lipinski definition) is 1. The number of halogens is 1. The lowest BCUT2D eigenvalue weighted by atomic mass is 10.0. The fourth-order valence-corrected chi connectivity index (χ4v) is 2.11. The monoisotopic (exact) mass is 260 g/mol. The normalized spacial score (nSPS) is 10.6. The van der Waals surface area contributed by atoms with E-state index in [4.69, 9.17) is 11.6 Å². The molecule has 94 valence electrons. The summed E-state index contributed by atoms with van der Waals surface area (Å²) in [4.78, 5) is 4.15. The Kier molecular flexibility index (Phi) is 4.73. The fraction of sp³-hybridized carbons (Fsp3) is 0.267. The number of hydrogen-bond acceptors (Lipinski definition) is 2. The Hall–Kier alpha value is -1.38. The van der Waals surface area contributed by atoms with E-state index in [2.05, 4.69) is 29.4 Å². The molecule has 0 aliphatic heterocycles. The topological polar surface area (TPSA) is 24.9 Å². The van der Waals surface area contributed by atoms with Crippen molar-refractivity contribution in [2.45, 2.75) is 19.9 Å². The van der Waals surface area contributed by atoms with Crippen LogP contribution in [0.3, 0.4) is 0 Å². The first-order valence-electron chi connectivity index (χ1n) is 6.16. The highest BCUT2D eigenvalue weighted by atomic mass is 35.5. The van der Waals surface area contributed by atoms with Gasteiger partial charge in [0.05, 0.1) is 0 Å². The van der Waals surface area contributed by atoms with E-state index in [9.17, 15) is 0 Å². The summed E-state index contributed by atoms with van der Waals surface area (Å²) in [5.41, 5.74) is 3.76. The minimum absolute atomic E-state index is 0.786. The second-order valence-corrected chi connectivity index (χ2v) is 4.67. The van der Waals surface area contributed by atoms with Crippen molar-refractivity contribution in [2.24, 2.45) is 0 Å². The van der Waals surface area contributed by atoms with Gasteiger partial charge < -0.3 is 5.32 Å². The Morgan fingerprint density at radius 1 is 1.22 bits per heavy atom. The molecule has 0 aliphatic carbocycles. The van der Waals surface area contributed by atoms with Crippen LogP contribution < -0.4 is 5.32 Å². The van der Waals surface area contributed by atoms with Gasteiger partial charge in [-0.1, -0.05) is 30.7 Å². The zero-order valence-electron chi connectivity index (χ0n) is 10.5. The van der Waals surface area contributed by atoms with E-state index in [1.165, 1.54) is 16.7 Å². The zero-order chi connectivity index (χ0) is 12.8. The van der Waals surface area contributed by atoms with Gasteiger partial charge in [-0.25, -0.2) is 0 Å². The van der Waals surface area contributed by atoms with Gasteiger partial charge in [0.15, 0.2) is 0 Å². The molecule has 0 spiro atoms. The number of nitrogens with one attached hydrogen (secondary N) is 1. The SMILES string of the molecule is CCNCc1ccc(Cl)cc1Cc1cccnc1. The molecule has 1 heterocycles. The molecule has 2 rings (SSSR count). The van der Waals surface area contributed by atoms with Gasteiger partial charge in [0.2, 0.25) is 0 Å². The van der Waals surface area contributed by atoms with Crippen molar-refractivity contribution in [1.82, 2.24) is 10.3 Å². The quantitative estimate of drug-likeness (QED) is 0.891. The van der Waals surface area contributed by atoms with Crippen LogP contribution in [0.1, 0.15) is 23.6 Å². The standard InChI is InChI=1S/C15H17ClN2/c1-2-17-11-13-5-6-15(16)9-14(13)8-12-4-3-7-18-10-12/h3-7,9-10,17H,2,8,11H2,1H3. The molecule has 0 amide bonds. The maximum Gasteiger partial charge on any atom is 0.0409 e. The lowest BCUT2D eigenvalue weighted by Gasteiger charge is -2.10. The number of pyridine rings is 1. The van der Waals surface area contributed by atoms with Crippen molar-refractivity contribution in [3.05, 3.63) is 64.4 Å². The van der Waals surface area contributed by atoms with Crippen molar-refractivity contribution >= 4 is 11.6 Å². The number of rotatable bonds is 5. The third-order valence-corrected chi connectivity index (χ3v) is 3.09. The molecule has 0 radical (unpaired) electrons.